The third-order valence-corrected chi connectivity index (χ3v) is 7.75. The fourth-order valence-electron chi connectivity index (χ4n) is 4.93. The van der Waals surface area contributed by atoms with Crippen LogP contribution in [-0.2, 0) is 21.3 Å². The molecule has 2 aromatic carbocycles. The highest BCUT2D eigenvalue weighted by Gasteiger charge is 2.30. The molecule has 2 aromatic rings. The van der Waals surface area contributed by atoms with Crippen LogP contribution in [0.1, 0.15) is 56.0 Å². The van der Waals surface area contributed by atoms with Gasteiger partial charge in [0.05, 0.1) is 36.7 Å². The van der Waals surface area contributed by atoms with E-state index in [-0.39, 0.29) is 41.9 Å². The standard InChI is InChI=1S/C30H45N3O6S/c1-22-18-33(23(2)21-34)30(35)27-17-26(31-40(5,36)37)14-15-28(27)39-24(3)11-9-10-16-38-29(22)20-32(4)19-25-12-7-6-8-13-25/h6-8,12-15,17,22-24,29,31,34H,9-11,16,18-21H2,1-5H3/t22-,23+,24-,29-/m0/s1. The van der Waals surface area contributed by atoms with Crippen LogP contribution in [-0.4, -0.2) is 87.1 Å². The second-order valence-corrected chi connectivity index (χ2v) is 12.8. The van der Waals surface area contributed by atoms with Crippen LogP contribution in [0.15, 0.2) is 48.5 Å². The normalized spacial score (nSPS) is 22.2. The van der Waals surface area contributed by atoms with Crippen LogP contribution in [0.5, 0.6) is 5.75 Å². The molecule has 0 saturated carbocycles. The van der Waals surface area contributed by atoms with Crippen molar-refractivity contribution in [1.29, 1.82) is 0 Å². The van der Waals surface area contributed by atoms with Crippen molar-refractivity contribution in [3.8, 4) is 5.75 Å². The molecule has 222 valence electrons. The summed E-state index contributed by atoms with van der Waals surface area (Å²) in [5, 5.41) is 10.1. The second kappa shape index (κ2) is 14.8. The molecule has 3 rings (SSSR count). The summed E-state index contributed by atoms with van der Waals surface area (Å²) in [4.78, 5) is 17.9. The first-order valence-electron chi connectivity index (χ1n) is 14.0. The van der Waals surface area contributed by atoms with E-state index in [2.05, 4.69) is 35.7 Å². The van der Waals surface area contributed by atoms with E-state index in [0.29, 0.717) is 25.4 Å². The Bertz CT molecular complexity index is 1190. The molecule has 0 aliphatic carbocycles. The number of anilines is 1. The predicted octanol–water partition coefficient (Wildman–Crippen LogP) is 3.99. The van der Waals surface area contributed by atoms with Crippen LogP contribution >= 0.6 is 0 Å². The van der Waals surface area contributed by atoms with Gasteiger partial charge in [-0.25, -0.2) is 8.42 Å². The molecule has 1 aliphatic heterocycles. The third-order valence-electron chi connectivity index (χ3n) is 7.14. The van der Waals surface area contributed by atoms with Crippen LogP contribution < -0.4 is 9.46 Å². The Morgan fingerprint density at radius 2 is 1.88 bits per heavy atom. The fraction of sp³-hybridized carbons (Fsp3) is 0.567. The minimum Gasteiger partial charge on any atom is -0.490 e. The zero-order chi connectivity index (χ0) is 29.3. The van der Waals surface area contributed by atoms with Crippen molar-refractivity contribution in [1.82, 2.24) is 9.80 Å². The number of carbonyl (C=O) groups excluding carboxylic acids is 1. The zero-order valence-corrected chi connectivity index (χ0v) is 25.2. The van der Waals surface area contributed by atoms with Crippen LogP contribution in [0.3, 0.4) is 0 Å². The minimum atomic E-state index is -3.54. The molecule has 0 spiro atoms. The van der Waals surface area contributed by atoms with E-state index in [9.17, 15) is 18.3 Å². The van der Waals surface area contributed by atoms with Crippen LogP contribution in [0.2, 0.25) is 0 Å². The van der Waals surface area contributed by atoms with Gasteiger partial charge in [0.2, 0.25) is 10.0 Å². The maximum atomic E-state index is 14.1. The van der Waals surface area contributed by atoms with Crippen molar-refractivity contribution in [3.05, 3.63) is 59.7 Å². The molecule has 0 saturated heterocycles. The number of nitrogens with zero attached hydrogens (tertiary/aromatic N) is 2. The van der Waals surface area contributed by atoms with E-state index >= 15 is 0 Å². The molecule has 4 atom stereocenters. The maximum absolute atomic E-state index is 14.1. The molecular formula is C30H45N3O6S. The fourth-order valence-corrected chi connectivity index (χ4v) is 5.48. The molecule has 0 aromatic heterocycles. The summed E-state index contributed by atoms with van der Waals surface area (Å²) in [6.45, 7) is 8.04. The number of hydrogen-bond donors (Lipinski definition) is 2. The largest absolute Gasteiger partial charge is 0.490 e. The number of carbonyl (C=O) groups is 1. The van der Waals surface area contributed by atoms with Crippen molar-refractivity contribution in [3.63, 3.8) is 0 Å². The van der Waals surface area contributed by atoms with E-state index in [1.807, 2.05) is 25.1 Å². The van der Waals surface area contributed by atoms with Gasteiger partial charge in [-0.1, -0.05) is 37.3 Å². The number of amides is 1. The summed E-state index contributed by atoms with van der Waals surface area (Å²) in [6, 6.07) is 14.5. The van der Waals surface area contributed by atoms with Gasteiger partial charge in [0.15, 0.2) is 0 Å². The number of sulfonamides is 1. The van der Waals surface area contributed by atoms with Gasteiger partial charge < -0.3 is 19.5 Å². The van der Waals surface area contributed by atoms with Crippen LogP contribution in [0.4, 0.5) is 5.69 Å². The summed E-state index contributed by atoms with van der Waals surface area (Å²) >= 11 is 0. The first-order chi connectivity index (χ1) is 19.0. The SMILES string of the molecule is C[C@H](CO)N1C[C@H](C)[C@H](CN(C)Cc2ccccc2)OCCCC[C@H](C)Oc2ccc(NS(C)(=O)=O)cc2C1=O. The molecule has 40 heavy (non-hydrogen) atoms. The van der Waals surface area contributed by atoms with Gasteiger partial charge in [-0.05, 0) is 63.9 Å². The van der Waals surface area contributed by atoms with Gasteiger partial charge in [0.1, 0.15) is 5.75 Å². The van der Waals surface area contributed by atoms with E-state index in [1.54, 1.807) is 24.0 Å². The van der Waals surface area contributed by atoms with Crippen molar-refractivity contribution < 1.29 is 27.8 Å². The minimum absolute atomic E-state index is 0.0419. The summed E-state index contributed by atoms with van der Waals surface area (Å²) in [6.07, 6.45) is 3.36. The Morgan fingerprint density at radius 3 is 2.55 bits per heavy atom. The summed E-state index contributed by atoms with van der Waals surface area (Å²) in [5.74, 6) is 0.0210. The average Bonchev–Trinajstić information content (AvgIpc) is 2.90. The Labute approximate surface area is 239 Å². The smallest absolute Gasteiger partial charge is 0.258 e. The molecular weight excluding hydrogens is 530 g/mol. The molecule has 0 radical (unpaired) electrons. The lowest BCUT2D eigenvalue weighted by molar-refractivity contribution is -0.0177. The highest BCUT2D eigenvalue weighted by atomic mass is 32.2. The van der Waals surface area contributed by atoms with Gasteiger partial charge in [-0.3, -0.25) is 14.4 Å². The van der Waals surface area contributed by atoms with E-state index in [4.69, 9.17) is 9.47 Å². The molecule has 9 nitrogen and oxygen atoms in total. The molecule has 1 heterocycles. The number of nitrogens with one attached hydrogen (secondary N) is 1. The zero-order valence-electron chi connectivity index (χ0n) is 24.4. The monoisotopic (exact) mass is 575 g/mol. The third kappa shape index (κ3) is 9.76. The van der Waals surface area contributed by atoms with Gasteiger partial charge in [0, 0.05) is 37.8 Å². The Hall–Kier alpha value is -2.66. The Kier molecular flexibility index (Phi) is 11.8. The summed E-state index contributed by atoms with van der Waals surface area (Å²) in [5.41, 5.74) is 1.75. The van der Waals surface area contributed by atoms with Gasteiger partial charge >= 0.3 is 0 Å². The van der Waals surface area contributed by atoms with Crippen LogP contribution in [0, 0.1) is 5.92 Å². The van der Waals surface area contributed by atoms with Crippen molar-refractivity contribution >= 4 is 21.6 Å². The molecule has 1 aliphatic rings. The number of aliphatic hydroxyl groups excluding tert-OH is 1. The van der Waals surface area contributed by atoms with Gasteiger partial charge in [0.25, 0.3) is 5.91 Å². The number of benzene rings is 2. The summed E-state index contributed by atoms with van der Waals surface area (Å²) in [7, 11) is -1.47. The van der Waals surface area contributed by atoms with Crippen molar-refractivity contribution in [2.75, 3.05) is 44.3 Å². The van der Waals surface area contributed by atoms with Gasteiger partial charge in [-0.15, -0.1) is 0 Å². The number of ether oxygens (including phenoxy) is 2. The number of rotatable bonds is 8. The molecule has 0 bridgehead atoms. The first kappa shape index (κ1) is 31.9. The first-order valence-corrected chi connectivity index (χ1v) is 15.9. The molecule has 2 N–H and O–H groups in total. The topological polar surface area (TPSA) is 108 Å². The molecule has 0 fully saturated rings. The lowest BCUT2D eigenvalue weighted by Crippen LogP contribution is -2.47. The van der Waals surface area contributed by atoms with Crippen molar-refractivity contribution in [2.24, 2.45) is 5.92 Å². The van der Waals surface area contributed by atoms with E-state index in [0.717, 1.165) is 32.1 Å². The lowest BCUT2D eigenvalue weighted by atomic mass is 10.0. The Morgan fingerprint density at radius 1 is 1.15 bits per heavy atom. The average molecular weight is 576 g/mol. The number of aliphatic hydroxyl groups is 1. The second-order valence-electron chi connectivity index (χ2n) is 11.1. The quantitative estimate of drug-likeness (QED) is 0.490. The Balaban J connectivity index is 1.92. The van der Waals surface area contributed by atoms with Crippen LogP contribution in [0.25, 0.3) is 0 Å². The van der Waals surface area contributed by atoms with E-state index in [1.165, 1.54) is 11.6 Å². The number of likely N-dealkylation sites (N-methyl/N-ethyl adjacent to an activating group) is 1. The van der Waals surface area contributed by atoms with E-state index < -0.39 is 16.1 Å². The number of hydrogen-bond acceptors (Lipinski definition) is 7. The molecule has 0 unspecified atom stereocenters. The highest BCUT2D eigenvalue weighted by molar-refractivity contribution is 7.92. The number of fused-ring (bicyclic) bond motifs is 1. The highest BCUT2D eigenvalue weighted by Crippen LogP contribution is 2.29. The molecule has 10 heteroatoms. The molecule has 1 amide bonds. The van der Waals surface area contributed by atoms with Crippen molar-refractivity contribution in [2.45, 2.75) is 64.8 Å². The lowest BCUT2D eigenvalue weighted by Gasteiger charge is -2.36. The predicted molar refractivity (Wildman–Crippen MR) is 158 cm³/mol. The maximum Gasteiger partial charge on any atom is 0.258 e. The van der Waals surface area contributed by atoms with Gasteiger partial charge in [-0.2, -0.15) is 0 Å². The summed E-state index contributed by atoms with van der Waals surface area (Å²) < 4.78 is 38.8.